The van der Waals surface area contributed by atoms with Crippen molar-refractivity contribution in [3.05, 3.63) is 100 Å². The average Bonchev–Trinajstić information content (AvgIpc) is 3.18. The number of rotatable bonds is 3. The summed E-state index contributed by atoms with van der Waals surface area (Å²) in [5.74, 6) is -0.509. The summed E-state index contributed by atoms with van der Waals surface area (Å²) in [4.78, 5) is 4.52. The van der Waals surface area contributed by atoms with Crippen molar-refractivity contribution >= 4 is 28.8 Å². The van der Waals surface area contributed by atoms with Crippen molar-refractivity contribution in [2.45, 2.75) is 6.18 Å². The van der Waals surface area contributed by atoms with Crippen molar-refractivity contribution in [2.24, 2.45) is 0 Å². The second-order valence-electron chi connectivity index (χ2n) is 7.48. The first-order valence-corrected chi connectivity index (χ1v) is 10.8. The monoisotopic (exact) mass is 501 g/mol. The van der Waals surface area contributed by atoms with Crippen molar-refractivity contribution in [1.29, 1.82) is 0 Å². The quantitative estimate of drug-likeness (QED) is 0.233. The van der Waals surface area contributed by atoms with Crippen LogP contribution < -0.4 is 0 Å². The second kappa shape index (κ2) is 8.42. The molecule has 2 aromatic heterocycles. The number of hydrogen-bond donors (Lipinski definition) is 0. The molecule has 0 aliphatic carbocycles. The molecule has 2 heterocycles. The fourth-order valence-electron chi connectivity index (χ4n) is 3.73. The molecular formula is C25H13Cl2F4N3. The number of nitrogens with zero attached hydrogens (tertiary/aromatic N) is 3. The number of benzene rings is 3. The Balaban J connectivity index is 1.91. The minimum absolute atomic E-state index is 0.0191. The van der Waals surface area contributed by atoms with Gasteiger partial charge in [0.2, 0.25) is 0 Å². The smallest absolute Gasteiger partial charge is 0.228 e. The van der Waals surface area contributed by atoms with E-state index >= 15 is 0 Å². The Morgan fingerprint density at radius 2 is 1.50 bits per heavy atom. The SMILES string of the molecule is Fc1ccc(-c2cc(C(F)(F)F)n3nc(-c4ccccc4)c(-c4ccc(Cl)cc4Cl)c3n2)cc1. The van der Waals surface area contributed by atoms with E-state index in [0.717, 1.165) is 22.7 Å². The molecule has 0 saturated carbocycles. The van der Waals surface area contributed by atoms with Gasteiger partial charge in [-0.15, -0.1) is 0 Å². The van der Waals surface area contributed by atoms with Gasteiger partial charge in [-0.2, -0.15) is 18.3 Å². The van der Waals surface area contributed by atoms with E-state index in [1.807, 2.05) is 0 Å². The molecule has 170 valence electrons. The predicted molar refractivity (Wildman–Crippen MR) is 124 cm³/mol. The fraction of sp³-hybridized carbons (Fsp3) is 0.0400. The van der Waals surface area contributed by atoms with Gasteiger partial charge in [0.15, 0.2) is 11.3 Å². The van der Waals surface area contributed by atoms with E-state index in [1.165, 1.54) is 18.2 Å². The van der Waals surface area contributed by atoms with Crippen molar-refractivity contribution in [3.8, 4) is 33.6 Å². The largest absolute Gasteiger partial charge is 0.433 e. The van der Waals surface area contributed by atoms with E-state index in [0.29, 0.717) is 27.3 Å². The Kier molecular flexibility index (Phi) is 5.54. The molecule has 5 aromatic rings. The van der Waals surface area contributed by atoms with Gasteiger partial charge in [-0.3, -0.25) is 0 Å². The molecule has 0 atom stereocenters. The third kappa shape index (κ3) is 4.02. The molecule has 3 aromatic carbocycles. The Labute approximate surface area is 201 Å². The number of hydrogen-bond acceptors (Lipinski definition) is 2. The molecule has 0 unspecified atom stereocenters. The van der Waals surface area contributed by atoms with Crippen LogP contribution in [0.2, 0.25) is 10.0 Å². The first kappa shape index (κ1) is 22.4. The van der Waals surface area contributed by atoms with E-state index in [2.05, 4.69) is 10.1 Å². The van der Waals surface area contributed by atoms with Gasteiger partial charge in [0.1, 0.15) is 11.5 Å². The Hall–Kier alpha value is -3.42. The summed E-state index contributed by atoms with van der Waals surface area (Å²) in [5.41, 5.74) is 0.891. The summed E-state index contributed by atoms with van der Waals surface area (Å²) in [7, 11) is 0. The van der Waals surface area contributed by atoms with Crippen molar-refractivity contribution in [2.75, 3.05) is 0 Å². The highest BCUT2D eigenvalue weighted by molar-refractivity contribution is 6.36. The molecule has 0 aliphatic rings. The molecule has 5 rings (SSSR count). The van der Waals surface area contributed by atoms with Gasteiger partial charge in [-0.1, -0.05) is 59.6 Å². The van der Waals surface area contributed by atoms with E-state index in [-0.39, 0.29) is 22.1 Å². The maximum absolute atomic E-state index is 14.2. The zero-order chi connectivity index (χ0) is 24.0. The molecule has 3 nitrogen and oxygen atoms in total. The highest BCUT2D eigenvalue weighted by atomic mass is 35.5. The molecule has 0 bridgehead atoms. The Morgan fingerprint density at radius 1 is 0.794 bits per heavy atom. The van der Waals surface area contributed by atoms with Crippen LogP contribution in [0.25, 0.3) is 39.3 Å². The van der Waals surface area contributed by atoms with Crippen molar-refractivity contribution in [3.63, 3.8) is 0 Å². The van der Waals surface area contributed by atoms with Gasteiger partial charge in [0.05, 0.1) is 16.3 Å². The number of alkyl halides is 3. The van der Waals surface area contributed by atoms with Gasteiger partial charge in [0.25, 0.3) is 0 Å². The molecule has 0 fully saturated rings. The van der Waals surface area contributed by atoms with Gasteiger partial charge >= 0.3 is 6.18 Å². The van der Waals surface area contributed by atoms with Gasteiger partial charge in [-0.05, 0) is 42.5 Å². The molecule has 0 spiro atoms. The fourth-order valence-corrected chi connectivity index (χ4v) is 4.23. The zero-order valence-corrected chi connectivity index (χ0v) is 18.6. The third-order valence-electron chi connectivity index (χ3n) is 5.27. The van der Waals surface area contributed by atoms with Crippen LogP contribution in [0, 0.1) is 5.82 Å². The van der Waals surface area contributed by atoms with E-state index in [9.17, 15) is 17.6 Å². The molecule has 0 amide bonds. The van der Waals surface area contributed by atoms with Gasteiger partial charge in [0, 0.05) is 21.7 Å². The number of aromatic nitrogens is 3. The molecule has 0 N–H and O–H groups in total. The maximum atomic E-state index is 14.2. The van der Waals surface area contributed by atoms with Crippen LogP contribution in [0.5, 0.6) is 0 Å². The predicted octanol–water partition coefficient (Wildman–Crippen LogP) is 8.20. The standard InChI is InChI=1S/C25H13Cl2F4N3/c26-16-8-11-18(19(27)12-16)22-23(15-4-2-1-3-5-15)33-34-21(25(29,30)31)13-20(32-24(22)34)14-6-9-17(28)10-7-14/h1-13H. The third-order valence-corrected chi connectivity index (χ3v) is 5.81. The summed E-state index contributed by atoms with van der Waals surface area (Å²) >= 11 is 12.5. The minimum atomic E-state index is -4.74. The molecule has 34 heavy (non-hydrogen) atoms. The van der Waals surface area contributed by atoms with Crippen LogP contribution in [-0.4, -0.2) is 14.6 Å². The lowest BCUT2D eigenvalue weighted by molar-refractivity contribution is -0.142. The van der Waals surface area contributed by atoms with E-state index in [4.69, 9.17) is 23.2 Å². The van der Waals surface area contributed by atoms with Crippen LogP contribution in [0.3, 0.4) is 0 Å². The second-order valence-corrected chi connectivity index (χ2v) is 8.32. The lowest BCUT2D eigenvalue weighted by atomic mass is 10.0. The maximum Gasteiger partial charge on any atom is 0.433 e. The molecule has 0 radical (unpaired) electrons. The Morgan fingerprint density at radius 3 is 2.15 bits per heavy atom. The average molecular weight is 502 g/mol. The number of halogens is 6. The minimum Gasteiger partial charge on any atom is -0.228 e. The lowest BCUT2D eigenvalue weighted by Crippen LogP contribution is -2.13. The van der Waals surface area contributed by atoms with E-state index < -0.39 is 17.7 Å². The number of fused-ring (bicyclic) bond motifs is 1. The lowest BCUT2D eigenvalue weighted by Gasteiger charge is -2.12. The topological polar surface area (TPSA) is 30.2 Å². The van der Waals surface area contributed by atoms with Crippen LogP contribution in [0.4, 0.5) is 17.6 Å². The Bertz CT molecular complexity index is 1510. The summed E-state index contributed by atoms with van der Waals surface area (Å²) < 4.78 is 56.7. The first-order chi connectivity index (χ1) is 16.2. The van der Waals surface area contributed by atoms with E-state index in [1.54, 1.807) is 42.5 Å². The highest BCUT2D eigenvalue weighted by Crippen LogP contribution is 2.42. The molecular weight excluding hydrogens is 489 g/mol. The molecule has 9 heteroatoms. The summed E-state index contributed by atoms with van der Waals surface area (Å²) in [6.45, 7) is 0. The summed E-state index contributed by atoms with van der Waals surface area (Å²) in [5, 5.41) is 4.94. The first-order valence-electron chi connectivity index (χ1n) is 10.00. The van der Waals surface area contributed by atoms with Crippen LogP contribution in [0.1, 0.15) is 5.69 Å². The summed E-state index contributed by atoms with van der Waals surface area (Å²) in [6.07, 6.45) is -4.74. The summed E-state index contributed by atoms with van der Waals surface area (Å²) in [6, 6.07) is 19.5. The normalized spacial score (nSPS) is 11.8. The van der Waals surface area contributed by atoms with Gasteiger partial charge in [-0.25, -0.2) is 13.9 Å². The van der Waals surface area contributed by atoms with Crippen LogP contribution in [-0.2, 0) is 6.18 Å². The molecule has 0 saturated heterocycles. The zero-order valence-electron chi connectivity index (χ0n) is 17.1. The van der Waals surface area contributed by atoms with Crippen LogP contribution >= 0.6 is 23.2 Å². The van der Waals surface area contributed by atoms with Crippen molar-refractivity contribution in [1.82, 2.24) is 14.6 Å². The molecule has 0 aliphatic heterocycles. The van der Waals surface area contributed by atoms with Gasteiger partial charge < -0.3 is 0 Å². The van der Waals surface area contributed by atoms with Crippen LogP contribution in [0.15, 0.2) is 78.9 Å². The van der Waals surface area contributed by atoms with Crippen molar-refractivity contribution < 1.29 is 17.6 Å². The highest BCUT2D eigenvalue weighted by Gasteiger charge is 2.36.